The molecule has 6 heteroatoms. The first kappa shape index (κ1) is 13.8. The van der Waals surface area contributed by atoms with Crippen LogP contribution in [0.15, 0.2) is 36.9 Å². The van der Waals surface area contributed by atoms with Crippen LogP contribution in [0.5, 0.6) is 0 Å². The zero-order valence-electron chi connectivity index (χ0n) is 11.8. The van der Waals surface area contributed by atoms with Gasteiger partial charge in [-0.1, -0.05) is 18.9 Å². The van der Waals surface area contributed by atoms with Gasteiger partial charge in [0.2, 0.25) is 5.91 Å². The molecule has 3 N–H and O–H groups in total. The van der Waals surface area contributed by atoms with Crippen molar-refractivity contribution in [2.45, 2.75) is 25.7 Å². The number of nitrogens with two attached hydrogens (primary N) is 1. The molecular weight excluding hydrogens is 266 g/mol. The van der Waals surface area contributed by atoms with Gasteiger partial charge in [0.05, 0.1) is 11.1 Å². The summed E-state index contributed by atoms with van der Waals surface area (Å²) in [5, 5.41) is 10.6. The first-order valence-electron chi connectivity index (χ1n) is 7.20. The summed E-state index contributed by atoms with van der Waals surface area (Å²) in [6.45, 7) is 0.407. The highest BCUT2D eigenvalue weighted by Crippen LogP contribution is 2.38. The van der Waals surface area contributed by atoms with Crippen molar-refractivity contribution in [3.05, 3.63) is 36.9 Å². The third-order valence-electron chi connectivity index (χ3n) is 4.25. The van der Waals surface area contributed by atoms with Crippen molar-refractivity contribution in [1.82, 2.24) is 14.8 Å². The van der Waals surface area contributed by atoms with E-state index in [1.165, 1.54) is 0 Å². The minimum atomic E-state index is -0.396. The molecule has 3 rings (SSSR count). The monoisotopic (exact) mass is 285 g/mol. The molecule has 0 radical (unpaired) electrons. The number of amides is 1. The van der Waals surface area contributed by atoms with Gasteiger partial charge in [-0.15, -0.1) is 10.2 Å². The third-order valence-corrected chi connectivity index (χ3v) is 4.25. The molecular formula is C15H19N5O. The highest BCUT2D eigenvalue weighted by atomic mass is 16.2. The SMILES string of the molecule is NCC1(C(=O)Nc2cccc(-n3cnnc3)c2)CCCC1. The van der Waals surface area contributed by atoms with E-state index in [-0.39, 0.29) is 5.91 Å². The van der Waals surface area contributed by atoms with Crippen LogP contribution >= 0.6 is 0 Å². The van der Waals surface area contributed by atoms with Gasteiger partial charge in [-0.25, -0.2) is 0 Å². The van der Waals surface area contributed by atoms with Crippen LogP contribution in [0.1, 0.15) is 25.7 Å². The minimum Gasteiger partial charge on any atom is -0.329 e. The number of nitrogens with zero attached hydrogens (tertiary/aromatic N) is 3. The number of carbonyl (C=O) groups excluding carboxylic acids is 1. The maximum atomic E-state index is 12.5. The highest BCUT2D eigenvalue weighted by molar-refractivity contribution is 5.95. The van der Waals surface area contributed by atoms with Crippen molar-refractivity contribution >= 4 is 11.6 Å². The van der Waals surface area contributed by atoms with Gasteiger partial charge in [0.25, 0.3) is 0 Å². The average molecular weight is 285 g/mol. The number of rotatable bonds is 4. The average Bonchev–Trinajstić information content (AvgIpc) is 3.20. The predicted octanol–water partition coefficient (Wildman–Crippen LogP) is 1.72. The lowest BCUT2D eigenvalue weighted by molar-refractivity contribution is -0.124. The zero-order valence-corrected chi connectivity index (χ0v) is 11.8. The molecule has 1 aromatic carbocycles. The van der Waals surface area contributed by atoms with Gasteiger partial charge >= 0.3 is 0 Å². The van der Waals surface area contributed by atoms with E-state index in [0.717, 1.165) is 37.1 Å². The molecule has 0 unspecified atom stereocenters. The molecule has 0 bridgehead atoms. The van der Waals surface area contributed by atoms with Crippen LogP contribution in [-0.2, 0) is 4.79 Å². The van der Waals surface area contributed by atoms with Gasteiger partial charge in [0.15, 0.2) is 0 Å². The molecule has 0 spiro atoms. The zero-order chi connectivity index (χ0) is 14.7. The Bertz CT molecular complexity index is 617. The molecule has 1 aliphatic carbocycles. The molecule has 0 aliphatic heterocycles. The number of hydrogen-bond acceptors (Lipinski definition) is 4. The lowest BCUT2D eigenvalue weighted by Gasteiger charge is -2.25. The van der Waals surface area contributed by atoms with E-state index in [1.54, 1.807) is 17.2 Å². The second-order valence-corrected chi connectivity index (χ2v) is 5.57. The Morgan fingerprint density at radius 3 is 2.67 bits per heavy atom. The summed E-state index contributed by atoms with van der Waals surface area (Å²) < 4.78 is 1.80. The predicted molar refractivity (Wildman–Crippen MR) is 79.9 cm³/mol. The third kappa shape index (κ3) is 2.67. The van der Waals surface area contributed by atoms with Crippen molar-refractivity contribution in [3.8, 4) is 5.69 Å². The van der Waals surface area contributed by atoms with Gasteiger partial charge in [0.1, 0.15) is 12.7 Å². The molecule has 21 heavy (non-hydrogen) atoms. The van der Waals surface area contributed by atoms with Gasteiger partial charge in [0, 0.05) is 12.2 Å². The molecule has 1 amide bonds. The second-order valence-electron chi connectivity index (χ2n) is 5.57. The van der Waals surface area contributed by atoms with Crippen LogP contribution in [0.2, 0.25) is 0 Å². The molecule has 1 aliphatic rings. The van der Waals surface area contributed by atoms with Crippen molar-refractivity contribution in [2.75, 3.05) is 11.9 Å². The molecule has 0 saturated heterocycles. The normalized spacial score (nSPS) is 16.8. The molecule has 1 heterocycles. The van der Waals surface area contributed by atoms with Crippen LogP contribution in [0, 0.1) is 5.41 Å². The minimum absolute atomic E-state index is 0.0309. The van der Waals surface area contributed by atoms with E-state index in [2.05, 4.69) is 15.5 Å². The first-order chi connectivity index (χ1) is 10.2. The Morgan fingerprint density at radius 1 is 1.29 bits per heavy atom. The molecule has 1 fully saturated rings. The summed E-state index contributed by atoms with van der Waals surface area (Å²) in [7, 11) is 0. The van der Waals surface area contributed by atoms with Gasteiger partial charge in [-0.2, -0.15) is 0 Å². The Morgan fingerprint density at radius 2 is 2.00 bits per heavy atom. The summed E-state index contributed by atoms with van der Waals surface area (Å²) in [5.74, 6) is 0.0309. The smallest absolute Gasteiger partial charge is 0.231 e. The second kappa shape index (κ2) is 5.65. The Hall–Kier alpha value is -2.21. The van der Waals surface area contributed by atoms with Crippen molar-refractivity contribution in [2.24, 2.45) is 11.1 Å². The van der Waals surface area contributed by atoms with Crippen LogP contribution in [-0.4, -0.2) is 27.2 Å². The maximum absolute atomic E-state index is 12.5. The Balaban J connectivity index is 1.79. The number of nitrogens with one attached hydrogen (secondary N) is 1. The van der Waals surface area contributed by atoms with E-state index in [0.29, 0.717) is 6.54 Å². The fraction of sp³-hybridized carbons (Fsp3) is 0.400. The Labute approximate surface area is 123 Å². The van der Waals surface area contributed by atoms with Crippen molar-refractivity contribution in [3.63, 3.8) is 0 Å². The fourth-order valence-corrected chi connectivity index (χ4v) is 2.92. The van der Waals surface area contributed by atoms with Gasteiger partial charge in [-0.3, -0.25) is 9.36 Å². The molecule has 1 saturated carbocycles. The molecule has 1 aromatic heterocycles. The van der Waals surface area contributed by atoms with Crippen LogP contribution in [0.25, 0.3) is 5.69 Å². The van der Waals surface area contributed by atoms with E-state index in [1.807, 2.05) is 24.3 Å². The van der Waals surface area contributed by atoms with Crippen molar-refractivity contribution < 1.29 is 4.79 Å². The first-order valence-corrected chi connectivity index (χ1v) is 7.20. The molecule has 110 valence electrons. The summed E-state index contributed by atoms with van der Waals surface area (Å²) >= 11 is 0. The number of carbonyl (C=O) groups is 1. The van der Waals surface area contributed by atoms with Crippen LogP contribution < -0.4 is 11.1 Å². The summed E-state index contributed by atoms with van der Waals surface area (Å²) in [5.41, 5.74) is 7.13. The number of benzene rings is 1. The quantitative estimate of drug-likeness (QED) is 0.895. The lowest BCUT2D eigenvalue weighted by Crippen LogP contribution is -2.40. The van der Waals surface area contributed by atoms with Gasteiger partial charge < -0.3 is 11.1 Å². The molecule has 6 nitrogen and oxygen atoms in total. The van der Waals surface area contributed by atoms with Crippen LogP contribution in [0.3, 0.4) is 0 Å². The number of hydrogen-bond donors (Lipinski definition) is 2. The summed E-state index contributed by atoms with van der Waals surface area (Å²) in [6.07, 6.45) is 7.15. The number of anilines is 1. The van der Waals surface area contributed by atoms with E-state index < -0.39 is 5.41 Å². The fourth-order valence-electron chi connectivity index (χ4n) is 2.92. The van der Waals surface area contributed by atoms with E-state index in [9.17, 15) is 4.79 Å². The maximum Gasteiger partial charge on any atom is 0.231 e. The van der Waals surface area contributed by atoms with Gasteiger partial charge in [-0.05, 0) is 31.0 Å². The Kier molecular flexibility index (Phi) is 3.70. The summed E-state index contributed by atoms with van der Waals surface area (Å²) in [6, 6.07) is 7.62. The highest BCUT2D eigenvalue weighted by Gasteiger charge is 2.39. The lowest BCUT2D eigenvalue weighted by atomic mass is 9.85. The number of aromatic nitrogens is 3. The summed E-state index contributed by atoms with van der Waals surface area (Å²) in [4.78, 5) is 12.5. The van der Waals surface area contributed by atoms with E-state index >= 15 is 0 Å². The topological polar surface area (TPSA) is 85.8 Å². The van der Waals surface area contributed by atoms with Crippen LogP contribution in [0.4, 0.5) is 5.69 Å². The molecule has 2 aromatic rings. The van der Waals surface area contributed by atoms with Crippen molar-refractivity contribution in [1.29, 1.82) is 0 Å². The largest absolute Gasteiger partial charge is 0.329 e. The standard InChI is InChI=1S/C15H19N5O/c16-9-15(6-1-2-7-15)14(21)19-12-4-3-5-13(8-12)20-10-17-18-11-20/h3-5,8,10-11H,1-2,6-7,9,16H2,(H,19,21). The van der Waals surface area contributed by atoms with E-state index in [4.69, 9.17) is 5.73 Å². The molecule has 0 atom stereocenters.